The SMILES string of the molecule is O=C(CCc1ccccc1)N[C@H](Cc1ccccc1[N+](=O)[O-])C(=O)O. The molecule has 130 valence electrons. The van der Waals surface area contributed by atoms with Crippen molar-refractivity contribution in [2.75, 3.05) is 0 Å². The molecule has 0 aliphatic rings. The lowest BCUT2D eigenvalue weighted by Crippen LogP contribution is -2.42. The monoisotopic (exact) mass is 342 g/mol. The Morgan fingerprint density at radius 3 is 2.36 bits per heavy atom. The number of carboxylic acids is 1. The van der Waals surface area contributed by atoms with E-state index in [-0.39, 0.29) is 24.1 Å². The molecule has 0 saturated carbocycles. The van der Waals surface area contributed by atoms with Crippen molar-refractivity contribution in [3.63, 3.8) is 0 Å². The molecule has 0 aliphatic heterocycles. The summed E-state index contributed by atoms with van der Waals surface area (Å²) in [6.07, 6.45) is 0.485. The number of nitrogens with zero attached hydrogens (tertiary/aromatic N) is 1. The van der Waals surface area contributed by atoms with E-state index in [2.05, 4.69) is 5.32 Å². The van der Waals surface area contributed by atoms with Crippen LogP contribution >= 0.6 is 0 Å². The minimum Gasteiger partial charge on any atom is -0.480 e. The fourth-order valence-electron chi connectivity index (χ4n) is 2.45. The summed E-state index contributed by atoms with van der Waals surface area (Å²) >= 11 is 0. The van der Waals surface area contributed by atoms with Gasteiger partial charge in [-0.1, -0.05) is 48.5 Å². The van der Waals surface area contributed by atoms with Gasteiger partial charge in [0, 0.05) is 24.5 Å². The van der Waals surface area contributed by atoms with Crippen molar-refractivity contribution in [3.05, 3.63) is 75.8 Å². The van der Waals surface area contributed by atoms with Gasteiger partial charge in [-0.3, -0.25) is 14.9 Å². The zero-order chi connectivity index (χ0) is 18.2. The molecule has 0 fully saturated rings. The Bertz CT molecular complexity index is 761. The largest absolute Gasteiger partial charge is 0.480 e. The van der Waals surface area contributed by atoms with E-state index in [1.165, 1.54) is 18.2 Å². The van der Waals surface area contributed by atoms with E-state index in [1.54, 1.807) is 6.07 Å². The summed E-state index contributed by atoms with van der Waals surface area (Å²) in [4.78, 5) is 33.9. The first-order valence-electron chi connectivity index (χ1n) is 7.75. The van der Waals surface area contributed by atoms with E-state index in [4.69, 9.17) is 0 Å². The number of carbonyl (C=O) groups is 2. The third kappa shape index (κ3) is 5.42. The van der Waals surface area contributed by atoms with E-state index >= 15 is 0 Å². The zero-order valence-electron chi connectivity index (χ0n) is 13.4. The summed E-state index contributed by atoms with van der Waals surface area (Å²) in [5.41, 5.74) is 1.08. The summed E-state index contributed by atoms with van der Waals surface area (Å²) in [5.74, 6) is -1.64. The van der Waals surface area contributed by atoms with Crippen molar-refractivity contribution in [2.24, 2.45) is 0 Å². The van der Waals surface area contributed by atoms with Crippen LogP contribution in [-0.4, -0.2) is 27.9 Å². The average Bonchev–Trinajstić information content (AvgIpc) is 2.60. The summed E-state index contributed by atoms with van der Waals surface area (Å²) in [7, 11) is 0. The molecule has 1 amide bonds. The molecule has 0 aromatic heterocycles. The summed E-state index contributed by atoms with van der Waals surface area (Å²) in [6, 6.07) is 14.1. The molecule has 7 nitrogen and oxygen atoms in total. The van der Waals surface area contributed by atoms with Crippen LogP contribution in [0.15, 0.2) is 54.6 Å². The molecule has 2 rings (SSSR count). The number of carbonyl (C=O) groups excluding carboxylic acids is 1. The molecule has 0 aliphatic carbocycles. The van der Waals surface area contributed by atoms with Gasteiger partial charge in [-0.25, -0.2) is 4.79 Å². The van der Waals surface area contributed by atoms with Crippen LogP contribution in [0.3, 0.4) is 0 Å². The van der Waals surface area contributed by atoms with Crippen molar-refractivity contribution >= 4 is 17.6 Å². The number of rotatable bonds is 8. The van der Waals surface area contributed by atoms with Gasteiger partial charge in [0.25, 0.3) is 5.69 Å². The molecule has 25 heavy (non-hydrogen) atoms. The van der Waals surface area contributed by atoms with Crippen molar-refractivity contribution < 1.29 is 19.6 Å². The molecule has 0 spiro atoms. The number of hydrogen-bond acceptors (Lipinski definition) is 4. The first kappa shape index (κ1) is 18.1. The van der Waals surface area contributed by atoms with Gasteiger partial charge in [0.15, 0.2) is 0 Å². The molecular weight excluding hydrogens is 324 g/mol. The highest BCUT2D eigenvalue weighted by molar-refractivity contribution is 5.84. The zero-order valence-corrected chi connectivity index (χ0v) is 13.4. The highest BCUT2D eigenvalue weighted by Gasteiger charge is 2.24. The van der Waals surface area contributed by atoms with Crippen molar-refractivity contribution in [1.29, 1.82) is 0 Å². The third-order valence-corrected chi connectivity index (χ3v) is 3.73. The Balaban J connectivity index is 2.00. The highest BCUT2D eigenvalue weighted by Crippen LogP contribution is 2.19. The molecular formula is C18H18N2O5. The predicted molar refractivity (Wildman–Crippen MR) is 91.1 cm³/mol. The van der Waals surface area contributed by atoms with Gasteiger partial charge in [0.05, 0.1) is 4.92 Å². The second-order valence-electron chi connectivity index (χ2n) is 5.53. The van der Waals surface area contributed by atoms with Crippen LogP contribution in [0, 0.1) is 10.1 Å². The average molecular weight is 342 g/mol. The Morgan fingerprint density at radius 1 is 1.08 bits per heavy atom. The number of amides is 1. The Morgan fingerprint density at radius 2 is 1.72 bits per heavy atom. The van der Waals surface area contributed by atoms with E-state index in [0.29, 0.717) is 6.42 Å². The van der Waals surface area contributed by atoms with Crippen LogP contribution in [0.2, 0.25) is 0 Å². The molecule has 0 bridgehead atoms. The molecule has 1 atom stereocenters. The second kappa shape index (κ2) is 8.58. The maximum absolute atomic E-state index is 12.0. The first-order chi connectivity index (χ1) is 12.0. The lowest BCUT2D eigenvalue weighted by molar-refractivity contribution is -0.385. The van der Waals surface area contributed by atoms with Gasteiger partial charge in [-0.15, -0.1) is 0 Å². The number of nitrogens with one attached hydrogen (secondary N) is 1. The number of benzene rings is 2. The predicted octanol–water partition coefficient (Wildman–Crippen LogP) is 2.34. The number of aryl methyl sites for hydroxylation is 1. The molecule has 2 N–H and O–H groups in total. The third-order valence-electron chi connectivity index (χ3n) is 3.73. The van der Waals surface area contributed by atoms with E-state index in [1.807, 2.05) is 30.3 Å². The lowest BCUT2D eigenvalue weighted by atomic mass is 10.0. The van der Waals surface area contributed by atoms with Crippen molar-refractivity contribution in [3.8, 4) is 0 Å². The van der Waals surface area contributed by atoms with Gasteiger partial charge in [0.2, 0.25) is 5.91 Å². The second-order valence-corrected chi connectivity index (χ2v) is 5.53. The van der Waals surface area contributed by atoms with Crippen LogP contribution in [0.4, 0.5) is 5.69 Å². The number of hydrogen-bond donors (Lipinski definition) is 2. The quantitative estimate of drug-likeness (QED) is 0.565. The molecule has 0 radical (unpaired) electrons. The van der Waals surface area contributed by atoms with E-state index in [9.17, 15) is 24.8 Å². The van der Waals surface area contributed by atoms with E-state index in [0.717, 1.165) is 5.56 Å². The minimum atomic E-state index is -1.23. The standard InChI is InChI=1S/C18H18N2O5/c21-17(11-10-13-6-2-1-3-7-13)19-15(18(22)23)12-14-8-4-5-9-16(14)20(24)25/h1-9,15H,10-12H2,(H,19,21)(H,22,23)/t15-/m1/s1. The summed E-state index contributed by atoms with van der Waals surface area (Å²) < 4.78 is 0. The van der Waals surface area contributed by atoms with Gasteiger partial charge < -0.3 is 10.4 Å². The number of carboxylic acid groups (broad SMARTS) is 1. The molecule has 0 saturated heterocycles. The maximum atomic E-state index is 12.0. The topological polar surface area (TPSA) is 110 Å². The molecule has 2 aromatic rings. The van der Waals surface area contributed by atoms with Gasteiger partial charge in [0.1, 0.15) is 6.04 Å². The fourth-order valence-corrected chi connectivity index (χ4v) is 2.45. The molecule has 0 heterocycles. The smallest absolute Gasteiger partial charge is 0.326 e. The highest BCUT2D eigenvalue weighted by atomic mass is 16.6. The summed E-state index contributed by atoms with van der Waals surface area (Å²) in [5, 5.41) is 22.8. The number of para-hydroxylation sites is 1. The number of nitro groups is 1. The van der Waals surface area contributed by atoms with Crippen molar-refractivity contribution in [2.45, 2.75) is 25.3 Å². The van der Waals surface area contributed by atoms with E-state index < -0.39 is 22.8 Å². The normalized spacial score (nSPS) is 11.5. The molecule has 7 heteroatoms. The van der Waals surface area contributed by atoms with Crippen LogP contribution in [0.5, 0.6) is 0 Å². The van der Waals surface area contributed by atoms with Gasteiger partial charge in [-0.05, 0) is 12.0 Å². The van der Waals surface area contributed by atoms with Gasteiger partial charge in [-0.2, -0.15) is 0 Å². The van der Waals surface area contributed by atoms with Crippen LogP contribution in [0.1, 0.15) is 17.5 Å². The first-order valence-corrected chi connectivity index (χ1v) is 7.75. The Kier molecular flexibility index (Phi) is 6.22. The Hall–Kier alpha value is -3.22. The molecule has 0 unspecified atom stereocenters. The Labute approximate surface area is 144 Å². The van der Waals surface area contributed by atoms with Crippen molar-refractivity contribution in [1.82, 2.24) is 5.32 Å². The molecule has 2 aromatic carbocycles. The minimum absolute atomic E-state index is 0.144. The fraction of sp³-hybridized carbons (Fsp3) is 0.222. The number of nitro benzene ring substituents is 1. The van der Waals surface area contributed by atoms with Crippen LogP contribution in [0.25, 0.3) is 0 Å². The number of aliphatic carboxylic acids is 1. The summed E-state index contributed by atoms with van der Waals surface area (Å²) in [6.45, 7) is 0. The van der Waals surface area contributed by atoms with Crippen LogP contribution in [-0.2, 0) is 22.4 Å². The van der Waals surface area contributed by atoms with Gasteiger partial charge >= 0.3 is 5.97 Å². The maximum Gasteiger partial charge on any atom is 0.326 e. The lowest BCUT2D eigenvalue weighted by Gasteiger charge is -2.14. The van der Waals surface area contributed by atoms with Crippen LogP contribution < -0.4 is 5.32 Å².